The van der Waals surface area contributed by atoms with Gasteiger partial charge in [-0.2, -0.15) is 0 Å². The van der Waals surface area contributed by atoms with Gasteiger partial charge in [0.05, 0.1) is 0 Å². The highest BCUT2D eigenvalue weighted by molar-refractivity contribution is 5.59. The Balaban J connectivity index is 3.00. The van der Waals surface area contributed by atoms with Crippen molar-refractivity contribution in [3.63, 3.8) is 0 Å². The molecule has 0 unspecified atom stereocenters. The molecule has 2 rings (SSSR count). The van der Waals surface area contributed by atoms with E-state index in [1.807, 2.05) is 0 Å². The molecule has 2 aromatic rings. The maximum Gasteiger partial charge on any atom is 0.123 e. The van der Waals surface area contributed by atoms with Gasteiger partial charge >= 0.3 is 0 Å². The Morgan fingerprint density at radius 3 is 0.848 bits per heavy atom. The van der Waals surface area contributed by atoms with E-state index in [1.54, 1.807) is 0 Å². The van der Waals surface area contributed by atoms with E-state index in [2.05, 4.69) is 121 Å². The largest absolute Gasteiger partial charge is 0.507 e. The van der Waals surface area contributed by atoms with Crippen LogP contribution in [-0.2, 0) is 27.1 Å². The smallest absolute Gasteiger partial charge is 0.123 e. The zero-order valence-corrected chi connectivity index (χ0v) is 23.7. The molecule has 0 radical (unpaired) electrons. The average molecular weight is 453 g/mol. The molecule has 0 amide bonds. The molecule has 0 aliphatic heterocycles. The van der Waals surface area contributed by atoms with E-state index < -0.39 is 5.41 Å². The number of hydrogen-bond donors (Lipinski definition) is 2. The first-order valence-electron chi connectivity index (χ1n) is 12.3. The zero-order chi connectivity index (χ0) is 25.9. The topological polar surface area (TPSA) is 40.5 Å². The summed E-state index contributed by atoms with van der Waals surface area (Å²) in [5.74, 6) is 0.664. The molecule has 0 atom stereocenters. The van der Waals surface area contributed by atoms with Crippen LogP contribution < -0.4 is 0 Å². The predicted octanol–water partition coefficient (Wildman–Crippen LogP) is 8.61. The third-order valence-electron chi connectivity index (χ3n) is 6.91. The second-order valence-corrected chi connectivity index (χ2v) is 14.5. The molecular formula is C31H48O2. The van der Waals surface area contributed by atoms with Crippen LogP contribution in [-0.4, -0.2) is 10.2 Å². The number of hydrogen-bond acceptors (Lipinski definition) is 2. The van der Waals surface area contributed by atoms with Crippen LogP contribution in [0.4, 0.5) is 0 Å². The standard InChI is InChI=1S/C31H48O2/c1-27(2,3)19-15-21(29(7,8)9)25(32)23(17-19)31(13,14)24-18-20(28(4,5)6)16-22(26(24)33)30(10,11)12/h15-18,32-33H,1-14H3. The van der Waals surface area contributed by atoms with Crippen LogP contribution in [0.1, 0.15) is 130 Å². The minimum absolute atomic E-state index is 0.0651. The van der Waals surface area contributed by atoms with Crippen molar-refractivity contribution in [3.05, 3.63) is 57.6 Å². The molecule has 2 heteroatoms. The van der Waals surface area contributed by atoms with Crippen LogP contribution >= 0.6 is 0 Å². The maximum atomic E-state index is 11.6. The van der Waals surface area contributed by atoms with Crippen molar-refractivity contribution in [2.45, 2.75) is 124 Å². The average Bonchev–Trinajstić information content (AvgIpc) is 2.57. The van der Waals surface area contributed by atoms with E-state index in [4.69, 9.17) is 0 Å². The summed E-state index contributed by atoms with van der Waals surface area (Å²) < 4.78 is 0. The fraction of sp³-hybridized carbons (Fsp3) is 0.613. The summed E-state index contributed by atoms with van der Waals surface area (Å²) in [6, 6.07) is 8.59. The van der Waals surface area contributed by atoms with Gasteiger partial charge in [-0.1, -0.05) is 121 Å². The first kappa shape index (κ1) is 27.3. The molecular weight excluding hydrogens is 404 g/mol. The molecule has 0 aromatic heterocycles. The number of benzene rings is 2. The van der Waals surface area contributed by atoms with Gasteiger partial charge in [0.2, 0.25) is 0 Å². The summed E-state index contributed by atoms with van der Waals surface area (Å²) in [4.78, 5) is 0. The summed E-state index contributed by atoms with van der Waals surface area (Å²) >= 11 is 0. The molecule has 0 fully saturated rings. The van der Waals surface area contributed by atoms with Gasteiger partial charge in [-0.3, -0.25) is 0 Å². The highest BCUT2D eigenvalue weighted by atomic mass is 16.3. The number of aromatic hydroxyl groups is 2. The summed E-state index contributed by atoms with van der Waals surface area (Å²) in [5.41, 5.74) is 4.85. The van der Waals surface area contributed by atoms with Gasteiger partial charge in [0.15, 0.2) is 0 Å². The molecule has 0 aliphatic carbocycles. The van der Waals surface area contributed by atoms with Crippen molar-refractivity contribution < 1.29 is 10.2 Å². The van der Waals surface area contributed by atoms with E-state index in [1.165, 1.54) is 11.1 Å². The fourth-order valence-electron chi connectivity index (χ4n) is 4.38. The third-order valence-corrected chi connectivity index (χ3v) is 6.91. The molecule has 184 valence electrons. The van der Waals surface area contributed by atoms with E-state index >= 15 is 0 Å². The second-order valence-electron chi connectivity index (χ2n) is 14.5. The summed E-state index contributed by atoms with van der Waals surface area (Å²) in [7, 11) is 0. The number of phenols is 2. The lowest BCUT2D eigenvalue weighted by atomic mass is 9.69. The molecule has 0 heterocycles. The molecule has 2 N–H and O–H groups in total. The number of phenolic OH excluding ortho intramolecular Hbond substituents is 2. The van der Waals surface area contributed by atoms with E-state index in [0.29, 0.717) is 11.5 Å². The molecule has 0 saturated heterocycles. The van der Waals surface area contributed by atoms with E-state index in [9.17, 15) is 10.2 Å². The Morgan fingerprint density at radius 2 is 0.636 bits per heavy atom. The maximum absolute atomic E-state index is 11.6. The van der Waals surface area contributed by atoms with Gasteiger partial charge in [-0.15, -0.1) is 0 Å². The summed E-state index contributed by atoms with van der Waals surface area (Å²) in [6.45, 7) is 30.3. The Morgan fingerprint density at radius 1 is 0.394 bits per heavy atom. The van der Waals surface area contributed by atoms with Crippen LogP contribution in [0.2, 0.25) is 0 Å². The van der Waals surface area contributed by atoms with Crippen molar-refractivity contribution in [3.8, 4) is 11.5 Å². The van der Waals surface area contributed by atoms with Crippen molar-refractivity contribution in [1.29, 1.82) is 0 Å². The van der Waals surface area contributed by atoms with Gasteiger partial charge in [0, 0.05) is 16.5 Å². The molecule has 33 heavy (non-hydrogen) atoms. The van der Waals surface area contributed by atoms with Crippen molar-refractivity contribution >= 4 is 0 Å². The van der Waals surface area contributed by atoms with Gasteiger partial charge in [0.25, 0.3) is 0 Å². The lowest BCUT2D eigenvalue weighted by Gasteiger charge is -2.36. The van der Waals surface area contributed by atoms with Crippen LogP contribution in [0.25, 0.3) is 0 Å². The van der Waals surface area contributed by atoms with Gasteiger partial charge in [-0.25, -0.2) is 0 Å². The highest BCUT2D eigenvalue weighted by Gasteiger charge is 2.36. The predicted molar refractivity (Wildman–Crippen MR) is 143 cm³/mol. The Labute approximate surface area is 203 Å². The Kier molecular flexibility index (Phi) is 6.67. The van der Waals surface area contributed by atoms with Crippen molar-refractivity contribution in [1.82, 2.24) is 0 Å². The van der Waals surface area contributed by atoms with Crippen LogP contribution in [0.15, 0.2) is 24.3 Å². The highest BCUT2D eigenvalue weighted by Crippen LogP contribution is 2.49. The monoisotopic (exact) mass is 452 g/mol. The lowest BCUT2D eigenvalue weighted by Crippen LogP contribution is -2.26. The summed E-state index contributed by atoms with van der Waals surface area (Å²) in [5, 5.41) is 23.2. The zero-order valence-electron chi connectivity index (χ0n) is 23.7. The number of rotatable bonds is 2. The molecule has 0 spiro atoms. The van der Waals surface area contributed by atoms with Crippen LogP contribution in [0.3, 0.4) is 0 Å². The molecule has 2 aromatic carbocycles. The second kappa shape index (κ2) is 8.07. The molecule has 0 aliphatic rings. The summed E-state index contributed by atoms with van der Waals surface area (Å²) in [6.07, 6.45) is 0. The van der Waals surface area contributed by atoms with Gasteiger partial charge < -0.3 is 10.2 Å². The third kappa shape index (κ3) is 5.42. The molecule has 0 saturated carbocycles. The van der Waals surface area contributed by atoms with Crippen molar-refractivity contribution in [2.75, 3.05) is 0 Å². The molecule has 2 nitrogen and oxygen atoms in total. The lowest BCUT2D eigenvalue weighted by molar-refractivity contribution is 0.410. The Bertz CT molecular complexity index is 944. The first-order chi connectivity index (χ1) is 14.5. The van der Waals surface area contributed by atoms with E-state index in [-0.39, 0.29) is 21.7 Å². The Hall–Kier alpha value is -1.96. The molecule has 0 bridgehead atoms. The fourth-order valence-corrected chi connectivity index (χ4v) is 4.38. The van der Waals surface area contributed by atoms with E-state index in [0.717, 1.165) is 22.3 Å². The van der Waals surface area contributed by atoms with Gasteiger partial charge in [0.1, 0.15) is 11.5 Å². The van der Waals surface area contributed by atoms with Crippen molar-refractivity contribution in [2.24, 2.45) is 0 Å². The normalized spacial score (nSPS) is 14.0. The quantitative estimate of drug-likeness (QED) is 0.479. The van der Waals surface area contributed by atoms with Crippen LogP contribution in [0.5, 0.6) is 11.5 Å². The minimum Gasteiger partial charge on any atom is -0.507 e. The SMILES string of the molecule is CC(C)(C)c1cc(C(C)(C)C)c(O)c(C(C)(C)c2cc(C(C)(C)C)cc(C(C)(C)C)c2O)c1. The van der Waals surface area contributed by atoms with Crippen LogP contribution in [0, 0.1) is 0 Å². The first-order valence-corrected chi connectivity index (χ1v) is 12.3. The van der Waals surface area contributed by atoms with Gasteiger partial charge in [-0.05, 0) is 43.9 Å². The minimum atomic E-state index is -0.601.